The Kier molecular flexibility index (Phi) is 3.96. The first-order chi connectivity index (χ1) is 8.93. The first kappa shape index (κ1) is 12.2. The molecule has 1 aromatic rings. The SMILES string of the molecule is c1ncn(CCN2CCCCC2)c1[C@@H]1CCCN1. The molecule has 0 saturated carbocycles. The summed E-state index contributed by atoms with van der Waals surface area (Å²) in [6.07, 6.45) is 10.8. The van der Waals surface area contributed by atoms with E-state index < -0.39 is 0 Å². The first-order valence-electron chi connectivity index (χ1n) is 7.39. The maximum Gasteiger partial charge on any atom is 0.0949 e. The largest absolute Gasteiger partial charge is 0.332 e. The van der Waals surface area contributed by atoms with Gasteiger partial charge in [0.15, 0.2) is 0 Å². The molecule has 3 rings (SSSR count). The molecule has 0 spiro atoms. The summed E-state index contributed by atoms with van der Waals surface area (Å²) in [5, 5.41) is 3.56. The van der Waals surface area contributed by atoms with Gasteiger partial charge in [0.05, 0.1) is 12.0 Å². The number of rotatable bonds is 4. The minimum atomic E-state index is 0.536. The number of nitrogens with one attached hydrogen (secondary N) is 1. The molecule has 0 aliphatic carbocycles. The van der Waals surface area contributed by atoms with Crippen molar-refractivity contribution < 1.29 is 0 Å². The van der Waals surface area contributed by atoms with Gasteiger partial charge in [-0.25, -0.2) is 4.98 Å². The quantitative estimate of drug-likeness (QED) is 0.882. The second kappa shape index (κ2) is 5.85. The van der Waals surface area contributed by atoms with E-state index in [1.807, 2.05) is 12.5 Å². The number of imidazole rings is 1. The number of piperidine rings is 1. The molecule has 0 bridgehead atoms. The van der Waals surface area contributed by atoms with Crippen LogP contribution >= 0.6 is 0 Å². The lowest BCUT2D eigenvalue weighted by atomic mass is 10.1. The van der Waals surface area contributed by atoms with Crippen LogP contribution in [0.4, 0.5) is 0 Å². The van der Waals surface area contributed by atoms with Crippen molar-refractivity contribution in [3.05, 3.63) is 18.2 Å². The minimum Gasteiger partial charge on any atom is -0.332 e. The Morgan fingerprint density at radius 2 is 2.06 bits per heavy atom. The molecule has 1 atom stereocenters. The van der Waals surface area contributed by atoms with E-state index in [0.717, 1.165) is 13.1 Å². The molecule has 3 heterocycles. The van der Waals surface area contributed by atoms with Crippen LogP contribution in [0, 0.1) is 0 Å². The highest BCUT2D eigenvalue weighted by Crippen LogP contribution is 2.22. The third kappa shape index (κ3) is 2.75. The Morgan fingerprint density at radius 3 is 2.83 bits per heavy atom. The molecule has 4 heteroatoms. The lowest BCUT2D eigenvalue weighted by Crippen LogP contribution is -2.33. The van der Waals surface area contributed by atoms with Crippen LogP contribution in [-0.2, 0) is 6.54 Å². The third-order valence-corrected chi connectivity index (χ3v) is 4.27. The van der Waals surface area contributed by atoms with Gasteiger partial charge < -0.3 is 14.8 Å². The second-order valence-corrected chi connectivity index (χ2v) is 5.56. The summed E-state index contributed by atoms with van der Waals surface area (Å²) in [4.78, 5) is 6.93. The van der Waals surface area contributed by atoms with Crippen molar-refractivity contribution in [1.29, 1.82) is 0 Å². The van der Waals surface area contributed by atoms with Gasteiger partial charge in [0.25, 0.3) is 0 Å². The molecule has 1 N–H and O–H groups in total. The Bertz CT molecular complexity index is 362. The van der Waals surface area contributed by atoms with Crippen LogP contribution in [0.2, 0.25) is 0 Å². The van der Waals surface area contributed by atoms with Crippen molar-refractivity contribution in [3.8, 4) is 0 Å². The molecule has 0 aromatic carbocycles. The summed E-state index contributed by atoms with van der Waals surface area (Å²) < 4.78 is 2.34. The van der Waals surface area contributed by atoms with Crippen molar-refractivity contribution in [3.63, 3.8) is 0 Å². The van der Waals surface area contributed by atoms with E-state index in [0.29, 0.717) is 6.04 Å². The number of nitrogens with zero attached hydrogens (tertiary/aromatic N) is 3. The van der Waals surface area contributed by atoms with Crippen LogP contribution in [0.5, 0.6) is 0 Å². The minimum absolute atomic E-state index is 0.536. The van der Waals surface area contributed by atoms with Crippen molar-refractivity contribution >= 4 is 0 Å². The van der Waals surface area contributed by atoms with Crippen molar-refractivity contribution in [1.82, 2.24) is 19.8 Å². The summed E-state index contributed by atoms with van der Waals surface area (Å²) in [6, 6.07) is 0.536. The highest BCUT2D eigenvalue weighted by Gasteiger charge is 2.20. The van der Waals surface area contributed by atoms with Crippen LogP contribution < -0.4 is 5.32 Å². The van der Waals surface area contributed by atoms with Crippen LogP contribution in [0.1, 0.15) is 43.8 Å². The lowest BCUT2D eigenvalue weighted by molar-refractivity contribution is 0.219. The van der Waals surface area contributed by atoms with Crippen LogP contribution in [0.3, 0.4) is 0 Å². The summed E-state index contributed by atoms with van der Waals surface area (Å²) in [6.45, 7) is 5.99. The summed E-state index contributed by atoms with van der Waals surface area (Å²) in [5.41, 5.74) is 1.38. The molecular formula is C14H24N4. The smallest absolute Gasteiger partial charge is 0.0949 e. The monoisotopic (exact) mass is 248 g/mol. The highest BCUT2D eigenvalue weighted by atomic mass is 15.2. The zero-order valence-electron chi connectivity index (χ0n) is 11.1. The van der Waals surface area contributed by atoms with Gasteiger partial charge in [0.2, 0.25) is 0 Å². The van der Waals surface area contributed by atoms with E-state index in [1.54, 1.807) is 0 Å². The Morgan fingerprint density at radius 1 is 1.17 bits per heavy atom. The average Bonchev–Trinajstić information content (AvgIpc) is 3.08. The van der Waals surface area contributed by atoms with E-state index in [-0.39, 0.29) is 0 Å². The average molecular weight is 248 g/mol. The summed E-state index contributed by atoms with van der Waals surface area (Å²) in [5.74, 6) is 0. The Balaban J connectivity index is 1.56. The second-order valence-electron chi connectivity index (χ2n) is 5.56. The van der Waals surface area contributed by atoms with Crippen molar-refractivity contribution in [2.24, 2.45) is 0 Å². The first-order valence-corrected chi connectivity index (χ1v) is 7.39. The van der Waals surface area contributed by atoms with Crippen molar-refractivity contribution in [2.75, 3.05) is 26.2 Å². The van der Waals surface area contributed by atoms with Gasteiger partial charge in [0, 0.05) is 25.3 Å². The van der Waals surface area contributed by atoms with E-state index in [4.69, 9.17) is 0 Å². The molecule has 18 heavy (non-hydrogen) atoms. The van der Waals surface area contributed by atoms with Gasteiger partial charge >= 0.3 is 0 Å². The number of likely N-dealkylation sites (tertiary alicyclic amines) is 1. The predicted molar refractivity (Wildman–Crippen MR) is 72.5 cm³/mol. The van der Waals surface area contributed by atoms with E-state index in [1.165, 1.54) is 57.4 Å². The van der Waals surface area contributed by atoms with Gasteiger partial charge in [-0.1, -0.05) is 6.42 Å². The molecule has 2 saturated heterocycles. The van der Waals surface area contributed by atoms with Gasteiger partial charge in [-0.2, -0.15) is 0 Å². The van der Waals surface area contributed by atoms with Crippen LogP contribution in [0.25, 0.3) is 0 Å². The molecule has 2 aliphatic heterocycles. The van der Waals surface area contributed by atoms with Gasteiger partial charge in [-0.05, 0) is 45.3 Å². The zero-order chi connectivity index (χ0) is 12.2. The lowest BCUT2D eigenvalue weighted by Gasteiger charge is -2.27. The molecule has 0 amide bonds. The summed E-state index contributed by atoms with van der Waals surface area (Å²) in [7, 11) is 0. The molecule has 0 unspecified atom stereocenters. The van der Waals surface area contributed by atoms with Gasteiger partial charge in [-0.3, -0.25) is 0 Å². The molecule has 4 nitrogen and oxygen atoms in total. The third-order valence-electron chi connectivity index (χ3n) is 4.27. The fraction of sp³-hybridized carbons (Fsp3) is 0.786. The standard InChI is InChI=1S/C14H24N4/c1-2-7-17(8-3-1)9-10-18-12-15-11-14(18)13-5-4-6-16-13/h11-13,16H,1-10H2/t13-/m0/s1. The van der Waals surface area contributed by atoms with Crippen LogP contribution in [0.15, 0.2) is 12.5 Å². The highest BCUT2D eigenvalue weighted by molar-refractivity contribution is 5.07. The number of aromatic nitrogens is 2. The summed E-state index contributed by atoms with van der Waals surface area (Å²) >= 11 is 0. The Labute approximate surface area is 109 Å². The van der Waals surface area contributed by atoms with Gasteiger partial charge in [-0.15, -0.1) is 0 Å². The fourth-order valence-corrected chi connectivity index (χ4v) is 3.18. The molecule has 2 aliphatic rings. The van der Waals surface area contributed by atoms with E-state index in [2.05, 4.69) is 19.8 Å². The molecule has 100 valence electrons. The number of hydrogen-bond donors (Lipinski definition) is 1. The number of hydrogen-bond acceptors (Lipinski definition) is 3. The Hall–Kier alpha value is -0.870. The van der Waals surface area contributed by atoms with Crippen molar-refractivity contribution in [2.45, 2.75) is 44.7 Å². The molecule has 1 aromatic heterocycles. The molecule has 2 fully saturated rings. The normalized spacial score (nSPS) is 25.7. The zero-order valence-corrected chi connectivity index (χ0v) is 11.1. The molecular weight excluding hydrogens is 224 g/mol. The fourth-order valence-electron chi connectivity index (χ4n) is 3.18. The van der Waals surface area contributed by atoms with Crippen LogP contribution in [-0.4, -0.2) is 40.6 Å². The molecule has 0 radical (unpaired) electrons. The van der Waals surface area contributed by atoms with Gasteiger partial charge in [0.1, 0.15) is 0 Å². The maximum atomic E-state index is 4.33. The topological polar surface area (TPSA) is 33.1 Å². The van der Waals surface area contributed by atoms with E-state index >= 15 is 0 Å². The maximum absolute atomic E-state index is 4.33. The van der Waals surface area contributed by atoms with E-state index in [9.17, 15) is 0 Å². The predicted octanol–water partition coefficient (Wildman–Crippen LogP) is 1.79.